The quantitative estimate of drug-likeness (QED) is 0.457. The number of rotatable bonds is 7. The first kappa shape index (κ1) is 23.7. The summed E-state index contributed by atoms with van der Waals surface area (Å²) in [5.74, 6) is 0.335. The molecule has 2 aliphatic rings. The lowest BCUT2D eigenvalue weighted by atomic mass is 9.90. The molecule has 1 aromatic heterocycles. The number of carbonyl (C=O) groups is 2. The number of nitro groups is 1. The molecule has 9 nitrogen and oxygen atoms in total. The number of carbonyl (C=O) groups excluding carboxylic acids is 2. The van der Waals surface area contributed by atoms with Gasteiger partial charge in [-0.1, -0.05) is 25.3 Å². The first-order valence-electron chi connectivity index (χ1n) is 11.9. The SMILES string of the molecule is O=C(Cc1cccnc1)N1CCN(C(=O)c2ccc([N+](=O)[O-])c(OCC3CCCCC3)c2)CC1. The summed E-state index contributed by atoms with van der Waals surface area (Å²) in [6.45, 7) is 2.14. The molecular formula is C25H30N4O5. The molecule has 34 heavy (non-hydrogen) atoms. The van der Waals surface area contributed by atoms with Gasteiger partial charge in [-0.05, 0) is 36.5 Å². The zero-order valence-electron chi connectivity index (χ0n) is 19.2. The Morgan fingerprint density at radius 1 is 1.06 bits per heavy atom. The van der Waals surface area contributed by atoms with E-state index in [1.54, 1.807) is 28.3 Å². The zero-order chi connectivity index (χ0) is 23.9. The number of aromatic nitrogens is 1. The smallest absolute Gasteiger partial charge is 0.310 e. The minimum atomic E-state index is -0.475. The van der Waals surface area contributed by atoms with E-state index in [1.807, 2.05) is 6.07 Å². The third kappa shape index (κ3) is 5.89. The van der Waals surface area contributed by atoms with Crippen LogP contribution in [0.3, 0.4) is 0 Å². The summed E-state index contributed by atoms with van der Waals surface area (Å²) in [6.07, 6.45) is 9.31. The van der Waals surface area contributed by atoms with Crippen LogP contribution in [0.4, 0.5) is 5.69 Å². The molecule has 2 amide bonds. The number of pyridine rings is 1. The molecule has 1 aliphatic carbocycles. The van der Waals surface area contributed by atoms with Crippen molar-refractivity contribution < 1.29 is 19.2 Å². The molecule has 9 heteroatoms. The summed E-state index contributed by atoms with van der Waals surface area (Å²) in [6, 6.07) is 7.98. The molecule has 1 aliphatic heterocycles. The fraction of sp³-hybridized carbons (Fsp3) is 0.480. The Bertz CT molecular complexity index is 1020. The maximum atomic E-state index is 13.1. The van der Waals surface area contributed by atoms with E-state index in [0.29, 0.717) is 44.3 Å². The lowest BCUT2D eigenvalue weighted by Gasteiger charge is -2.35. The van der Waals surface area contributed by atoms with Crippen LogP contribution in [0.25, 0.3) is 0 Å². The second-order valence-corrected chi connectivity index (χ2v) is 8.97. The van der Waals surface area contributed by atoms with Gasteiger partial charge in [0.05, 0.1) is 18.0 Å². The predicted octanol–water partition coefficient (Wildman–Crippen LogP) is 3.48. The van der Waals surface area contributed by atoms with Crippen LogP contribution in [0.2, 0.25) is 0 Å². The normalized spacial score (nSPS) is 16.8. The Labute approximate surface area is 198 Å². The van der Waals surface area contributed by atoms with Gasteiger partial charge in [-0.15, -0.1) is 0 Å². The van der Waals surface area contributed by atoms with Crippen molar-refractivity contribution in [1.29, 1.82) is 0 Å². The summed E-state index contributed by atoms with van der Waals surface area (Å²) < 4.78 is 5.85. The van der Waals surface area contributed by atoms with E-state index < -0.39 is 4.92 Å². The lowest BCUT2D eigenvalue weighted by Crippen LogP contribution is -2.51. The Morgan fingerprint density at radius 2 is 1.79 bits per heavy atom. The summed E-state index contributed by atoms with van der Waals surface area (Å²) in [4.78, 5) is 44.1. The van der Waals surface area contributed by atoms with Gasteiger partial charge in [0, 0.05) is 56.3 Å². The van der Waals surface area contributed by atoms with Crippen molar-refractivity contribution in [2.24, 2.45) is 5.92 Å². The fourth-order valence-electron chi connectivity index (χ4n) is 4.61. The summed E-state index contributed by atoms with van der Waals surface area (Å²) in [7, 11) is 0. The minimum absolute atomic E-state index is 0.00818. The fourth-order valence-corrected chi connectivity index (χ4v) is 4.61. The van der Waals surface area contributed by atoms with Crippen LogP contribution in [-0.2, 0) is 11.2 Å². The van der Waals surface area contributed by atoms with E-state index in [0.717, 1.165) is 31.2 Å². The first-order chi connectivity index (χ1) is 16.5. The monoisotopic (exact) mass is 466 g/mol. The Kier molecular flexibility index (Phi) is 7.72. The molecule has 0 unspecified atom stereocenters. The number of hydrogen-bond acceptors (Lipinski definition) is 6. The Morgan fingerprint density at radius 3 is 2.47 bits per heavy atom. The van der Waals surface area contributed by atoms with Crippen LogP contribution in [-0.4, -0.2) is 64.3 Å². The van der Waals surface area contributed by atoms with E-state index in [1.165, 1.54) is 24.6 Å². The second kappa shape index (κ2) is 11.1. The van der Waals surface area contributed by atoms with Crippen LogP contribution in [0.1, 0.15) is 48.0 Å². The minimum Gasteiger partial charge on any atom is -0.487 e. The first-order valence-corrected chi connectivity index (χ1v) is 11.9. The average Bonchev–Trinajstić information content (AvgIpc) is 2.88. The maximum Gasteiger partial charge on any atom is 0.310 e. The van der Waals surface area contributed by atoms with Gasteiger partial charge < -0.3 is 14.5 Å². The molecule has 2 fully saturated rings. The van der Waals surface area contributed by atoms with Gasteiger partial charge in [-0.25, -0.2) is 0 Å². The highest BCUT2D eigenvalue weighted by Crippen LogP contribution is 2.31. The number of benzene rings is 1. The van der Waals surface area contributed by atoms with Crippen molar-refractivity contribution in [1.82, 2.24) is 14.8 Å². The number of hydrogen-bond donors (Lipinski definition) is 0. The van der Waals surface area contributed by atoms with Gasteiger partial charge in [0.1, 0.15) is 0 Å². The van der Waals surface area contributed by atoms with E-state index in [4.69, 9.17) is 4.74 Å². The third-order valence-corrected chi connectivity index (χ3v) is 6.60. The highest BCUT2D eigenvalue weighted by Gasteiger charge is 2.27. The van der Waals surface area contributed by atoms with Gasteiger partial charge >= 0.3 is 5.69 Å². The molecule has 0 spiro atoms. The predicted molar refractivity (Wildman–Crippen MR) is 126 cm³/mol. The highest BCUT2D eigenvalue weighted by atomic mass is 16.6. The second-order valence-electron chi connectivity index (χ2n) is 8.97. The van der Waals surface area contributed by atoms with Gasteiger partial charge in [-0.3, -0.25) is 24.7 Å². The topological polar surface area (TPSA) is 106 Å². The molecular weight excluding hydrogens is 436 g/mol. The van der Waals surface area contributed by atoms with Crippen molar-refractivity contribution in [3.05, 3.63) is 64.0 Å². The Balaban J connectivity index is 1.36. The molecule has 0 N–H and O–H groups in total. The van der Waals surface area contributed by atoms with Gasteiger partial charge in [-0.2, -0.15) is 0 Å². The molecule has 1 saturated carbocycles. The number of nitro benzene ring substituents is 1. The number of piperazine rings is 1. The molecule has 0 bridgehead atoms. The van der Waals surface area contributed by atoms with E-state index >= 15 is 0 Å². The molecule has 1 aromatic carbocycles. The summed E-state index contributed by atoms with van der Waals surface area (Å²) >= 11 is 0. The van der Waals surface area contributed by atoms with E-state index in [-0.39, 0.29) is 29.7 Å². The number of amides is 2. The van der Waals surface area contributed by atoms with Crippen LogP contribution in [0.5, 0.6) is 5.75 Å². The zero-order valence-corrected chi connectivity index (χ0v) is 19.2. The van der Waals surface area contributed by atoms with Crippen LogP contribution < -0.4 is 4.74 Å². The molecule has 4 rings (SSSR count). The molecule has 180 valence electrons. The molecule has 1 saturated heterocycles. The van der Waals surface area contributed by atoms with E-state index in [2.05, 4.69) is 4.98 Å². The molecule has 2 heterocycles. The highest BCUT2D eigenvalue weighted by molar-refractivity contribution is 5.95. The van der Waals surface area contributed by atoms with Gasteiger partial charge in [0.25, 0.3) is 5.91 Å². The standard InChI is InChI=1S/C25H30N4O5/c30-24(15-20-7-4-10-26-17-20)27-11-13-28(14-12-27)25(31)21-8-9-22(29(32)33)23(16-21)34-18-19-5-2-1-3-6-19/h4,7-10,16-17,19H,1-3,5-6,11-15,18H2. The van der Waals surface area contributed by atoms with Crippen LogP contribution >= 0.6 is 0 Å². The number of nitrogens with zero attached hydrogens (tertiary/aromatic N) is 4. The van der Waals surface area contributed by atoms with Crippen molar-refractivity contribution in [3.63, 3.8) is 0 Å². The summed E-state index contributed by atoms with van der Waals surface area (Å²) in [5, 5.41) is 11.5. The summed E-state index contributed by atoms with van der Waals surface area (Å²) in [5.41, 5.74) is 1.09. The van der Waals surface area contributed by atoms with Gasteiger partial charge in [0.2, 0.25) is 5.91 Å². The largest absolute Gasteiger partial charge is 0.487 e. The molecule has 2 aromatic rings. The van der Waals surface area contributed by atoms with Crippen molar-refractivity contribution in [2.45, 2.75) is 38.5 Å². The van der Waals surface area contributed by atoms with E-state index in [9.17, 15) is 19.7 Å². The lowest BCUT2D eigenvalue weighted by molar-refractivity contribution is -0.385. The van der Waals surface area contributed by atoms with Crippen LogP contribution in [0.15, 0.2) is 42.7 Å². The van der Waals surface area contributed by atoms with Crippen molar-refractivity contribution >= 4 is 17.5 Å². The number of ether oxygens (including phenoxy) is 1. The van der Waals surface area contributed by atoms with Gasteiger partial charge in [0.15, 0.2) is 5.75 Å². The maximum absolute atomic E-state index is 13.1. The van der Waals surface area contributed by atoms with Crippen molar-refractivity contribution in [2.75, 3.05) is 32.8 Å². The van der Waals surface area contributed by atoms with Crippen molar-refractivity contribution in [3.8, 4) is 5.75 Å². The van der Waals surface area contributed by atoms with Crippen LogP contribution in [0, 0.1) is 16.0 Å². The average molecular weight is 467 g/mol. The molecule has 0 radical (unpaired) electrons. The molecule has 0 atom stereocenters. The Hall–Kier alpha value is -3.49. The third-order valence-electron chi connectivity index (χ3n) is 6.60.